The first-order chi connectivity index (χ1) is 3.50. The Morgan fingerprint density at radius 3 is 1.71 bits per heavy atom. The van der Waals surface area contributed by atoms with Crippen molar-refractivity contribution >= 4 is 0 Å². The zero-order valence-electron chi connectivity index (χ0n) is 3.83. The van der Waals surface area contributed by atoms with Crippen LogP contribution in [0.25, 0.3) is 0 Å². The van der Waals surface area contributed by atoms with Crippen molar-refractivity contribution in [3.8, 4) is 0 Å². The van der Waals surface area contributed by atoms with Gasteiger partial charge in [0.25, 0.3) is 0 Å². The summed E-state index contributed by atoms with van der Waals surface area (Å²) in [5.74, 6) is 0. The molecule has 7 heavy (non-hydrogen) atoms. The van der Waals surface area contributed by atoms with Crippen LogP contribution in [0.15, 0.2) is 24.3 Å². The first-order valence-corrected chi connectivity index (χ1v) is 3.18. The summed E-state index contributed by atoms with van der Waals surface area (Å²) in [7, 11) is 0. The van der Waals surface area contributed by atoms with E-state index in [9.17, 15) is 0 Å². The van der Waals surface area contributed by atoms with Crippen LogP contribution in [0.3, 0.4) is 0 Å². The van der Waals surface area contributed by atoms with Gasteiger partial charge in [0, 0.05) is 0 Å². The molecule has 0 aromatic heterocycles. The normalized spacial score (nSPS) is 13.1. The van der Waals surface area contributed by atoms with Crippen molar-refractivity contribution in [1.29, 1.82) is 0 Å². The van der Waals surface area contributed by atoms with Crippen molar-refractivity contribution in [1.82, 2.24) is 0 Å². The molecule has 0 saturated carbocycles. The summed E-state index contributed by atoms with van der Waals surface area (Å²) >= 11 is 0.333. The molecule has 0 radical (unpaired) electrons. The zero-order chi connectivity index (χ0) is 5.54. The van der Waals surface area contributed by atoms with Crippen molar-refractivity contribution < 1.29 is 23.2 Å². The van der Waals surface area contributed by atoms with Gasteiger partial charge in [0.15, 0.2) is 0 Å². The minimum absolute atomic E-state index is 0.333. The molecule has 0 aromatic carbocycles. The topological polar surface area (TPSA) is 17.1 Å². The Labute approximate surface area is 54.3 Å². The monoisotopic (exact) mass is 266 g/mol. The van der Waals surface area contributed by atoms with Crippen LogP contribution in [0.1, 0.15) is 6.42 Å². The van der Waals surface area contributed by atoms with Gasteiger partial charge >= 0.3 is 23.2 Å². The van der Waals surface area contributed by atoms with Crippen molar-refractivity contribution in [2.24, 2.45) is 0 Å². The quantitative estimate of drug-likeness (QED) is 0.647. The van der Waals surface area contributed by atoms with Gasteiger partial charge in [-0.2, -0.15) is 0 Å². The molecule has 0 saturated heterocycles. The van der Waals surface area contributed by atoms with Crippen LogP contribution in [0, 0.1) is 0 Å². The Morgan fingerprint density at radius 2 is 1.57 bits per heavy atom. The van der Waals surface area contributed by atoms with E-state index in [0.717, 1.165) is 6.42 Å². The predicted molar refractivity (Wildman–Crippen MR) is 23.6 cm³/mol. The molecule has 0 bridgehead atoms. The molecule has 0 heterocycles. The molecule has 0 aromatic rings. The summed E-state index contributed by atoms with van der Waals surface area (Å²) in [4.78, 5) is 0. The van der Waals surface area contributed by atoms with Gasteiger partial charge in [0.05, 0.1) is 0 Å². The molecule has 0 unspecified atom stereocenters. The van der Waals surface area contributed by atoms with E-state index >= 15 is 0 Å². The number of rotatable bonds is 0. The van der Waals surface area contributed by atoms with E-state index in [-0.39, 0.29) is 0 Å². The van der Waals surface area contributed by atoms with Crippen molar-refractivity contribution in [3.05, 3.63) is 24.3 Å². The Bertz CT molecular complexity index is 76.1. The average Bonchev–Trinajstić information content (AvgIpc) is 2.23. The van der Waals surface area contributed by atoms with E-state index in [1.807, 2.05) is 0 Å². The van der Waals surface area contributed by atoms with E-state index < -0.39 is 0 Å². The van der Waals surface area contributed by atoms with Crippen LogP contribution in [0.4, 0.5) is 0 Å². The Balaban J connectivity index is 0.000000162. The van der Waals surface area contributed by atoms with Crippen molar-refractivity contribution in [3.63, 3.8) is 0 Å². The fraction of sp³-hybridized carbons (Fsp3) is 0.200. The Hall–Kier alpha value is -0.0317. The molecule has 0 fully saturated rings. The zero-order valence-corrected chi connectivity index (χ0v) is 6.77. The molecule has 1 nitrogen and oxygen atoms in total. The number of allylic oxidation sites excluding steroid dienone is 4. The Kier molecular flexibility index (Phi) is 5.94. The second-order valence-electron chi connectivity index (χ2n) is 1.09. The number of hydrogen-bond donors (Lipinski definition) is 0. The summed E-state index contributed by atoms with van der Waals surface area (Å²) in [6.45, 7) is 0. The SMILES string of the molecule is C1=CCC=C1.[O]=[W]. The molecule has 0 atom stereocenters. The van der Waals surface area contributed by atoms with Crippen molar-refractivity contribution in [2.75, 3.05) is 0 Å². The standard InChI is InChI=1S/C5H6.O.W/c1-2-4-5-3-1;;/h1-4H,5H2;;. The molecular weight excluding hydrogens is 260 g/mol. The second kappa shape index (κ2) is 5.97. The summed E-state index contributed by atoms with van der Waals surface area (Å²) in [5.41, 5.74) is 0. The van der Waals surface area contributed by atoms with Gasteiger partial charge in [0.1, 0.15) is 0 Å². The predicted octanol–water partition coefficient (Wildman–Crippen LogP) is 1.38. The Morgan fingerprint density at radius 1 is 1.14 bits per heavy atom. The molecule has 0 aliphatic heterocycles. The van der Waals surface area contributed by atoms with E-state index in [1.165, 1.54) is 0 Å². The molecule has 0 amide bonds. The third kappa shape index (κ3) is 3.81. The molecule has 1 aliphatic carbocycles. The first-order valence-electron chi connectivity index (χ1n) is 1.98. The maximum absolute atomic E-state index is 8.33. The average molecular weight is 266 g/mol. The minimum atomic E-state index is 0.333. The van der Waals surface area contributed by atoms with E-state index in [2.05, 4.69) is 24.3 Å². The number of hydrogen-bond acceptors (Lipinski definition) is 1. The van der Waals surface area contributed by atoms with E-state index in [1.54, 1.807) is 0 Å². The summed E-state index contributed by atoms with van der Waals surface area (Å²) in [6, 6.07) is 0. The van der Waals surface area contributed by atoms with Gasteiger partial charge in [-0.1, -0.05) is 24.3 Å². The molecule has 38 valence electrons. The fourth-order valence-corrected chi connectivity index (χ4v) is 0.393. The van der Waals surface area contributed by atoms with Crippen LogP contribution in [0.5, 0.6) is 0 Å². The van der Waals surface area contributed by atoms with Crippen LogP contribution in [0.2, 0.25) is 0 Å². The summed E-state index contributed by atoms with van der Waals surface area (Å²) in [6.07, 6.45) is 9.50. The maximum atomic E-state index is 8.33. The third-order valence-corrected chi connectivity index (χ3v) is 0.655. The van der Waals surface area contributed by atoms with Crippen LogP contribution >= 0.6 is 0 Å². The van der Waals surface area contributed by atoms with Gasteiger partial charge in [-0.25, -0.2) is 0 Å². The van der Waals surface area contributed by atoms with Crippen LogP contribution in [-0.4, -0.2) is 0 Å². The molecule has 2 heteroatoms. The van der Waals surface area contributed by atoms with Gasteiger partial charge < -0.3 is 0 Å². The second-order valence-corrected chi connectivity index (χ2v) is 1.09. The van der Waals surface area contributed by atoms with Crippen LogP contribution in [-0.2, 0) is 23.2 Å². The van der Waals surface area contributed by atoms with E-state index in [0.29, 0.717) is 19.8 Å². The van der Waals surface area contributed by atoms with Gasteiger partial charge in [-0.15, -0.1) is 0 Å². The van der Waals surface area contributed by atoms with Gasteiger partial charge in [-0.05, 0) is 6.42 Å². The molecular formula is C5H6OW. The van der Waals surface area contributed by atoms with Crippen molar-refractivity contribution in [2.45, 2.75) is 6.42 Å². The molecule has 0 spiro atoms. The van der Waals surface area contributed by atoms with E-state index in [4.69, 9.17) is 3.40 Å². The van der Waals surface area contributed by atoms with Gasteiger partial charge in [0.2, 0.25) is 0 Å². The first kappa shape index (κ1) is 6.97. The molecule has 0 N–H and O–H groups in total. The summed E-state index contributed by atoms with van der Waals surface area (Å²) < 4.78 is 8.33. The molecule has 1 aliphatic rings. The third-order valence-electron chi connectivity index (χ3n) is 0.655. The van der Waals surface area contributed by atoms with Crippen LogP contribution < -0.4 is 0 Å². The fourth-order valence-electron chi connectivity index (χ4n) is 0.393. The van der Waals surface area contributed by atoms with Gasteiger partial charge in [-0.3, -0.25) is 0 Å². The summed E-state index contributed by atoms with van der Waals surface area (Å²) in [5, 5.41) is 0. The molecule has 1 rings (SSSR count).